The van der Waals surface area contributed by atoms with Gasteiger partial charge in [-0.25, -0.2) is 0 Å². The fourth-order valence-corrected chi connectivity index (χ4v) is 2.96. The molecule has 2 N–H and O–H groups in total. The number of carbonyl (C=O) groups is 2. The van der Waals surface area contributed by atoms with Crippen molar-refractivity contribution in [3.63, 3.8) is 0 Å². The molecule has 1 aromatic heterocycles. The third-order valence-electron chi connectivity index (χ3n) is 5.28. The molecule has 196 valence electrons. The number of rotatable bonds is 14. The van der Waals surface area contributed by atoms with Crippen LogP contribution in [0.15, 0.2) is 30.5 Å². The van der Waals surface area contributed by atoms with Gasteiger partial charge >= 0.3 is 0 Å². The predicted octanol–water partition coefficient (Wildman–Crippen LogP) is 3.74. The van der Waals surface area contributed by atoms with Gasteiger partial charge in [0.2, 0.25) is 5.91 Å². The van der Waals surface area contributed by atoms with E-state index < -0.39 is 0 Å². The number of ether oxygens (including phenoxy) is 2. The van der Waals surface area contributed by atoms with Crippen LogP contribution in [0.1, 0.15) is 71.2 Å². The number of carbonyl (C=O) groups excluding carboxylic acids is 2. The summed E-state index contributed by atoms with van der Waals surface area (Å²) in [6, 6.07) is 7.15. The largest absolute Gasteiger partial charge is 0.378 e. The molecule has 0 bridgehead atoms. The van der Waals surface area contributed by atoms with Gasteiger partial charge in [0, 0.05) is 44.3 Å². The Bertz CT molecular complexity index is 880. The first-order valence-electron chi connectivity index (χ1n) is 12.5. The van der Waals surface area contributed by atoms with Crippen LogP contribution < -0.4 is 10.6 Å². The molecule has 1 aromatic carbocycles. The van der Waals surface area contributed by atoms with Gasteiger partial charge in [0.1, 0.15) is 5.69 Å². The van der Waals surface area contributed by atoms with Gasteiger partial charge < -0.3 is 20.1 Å². The van der Waals surface area contributed by atoms with E-state index in [2.05, 4.69) is 34.8 Å². The molecule has 1 unspecified atom stereocenters. The molecule has 9 nitrogen and oxygen atoms in total. The monoisotopic (exact) mass is 489 g/mol. The third-order valence-corrected chi connectivity index (χ3v) is 5.28. The second-order valence-corrected chi connectivity index (χ2v) is 8.66. The molecular weight excluding hydrogens is 446 g/mol. The number of hydrogen-bond acceptors (Lipinski definition) is 6. The summed E-state index contributed by atoms with van der Waals surface area (Å²) >= 11 is 0. The van der Waals surface area contributed by atoms with Gasteiger partial charge in [-0.2, -0.15) is 0 Å². The molecule has 0 saturated heterocycles. The van der Waals surface area contributed by atoms with Gasteiger partial charge in [0.15, 0.2) is 0 Å². The van der Waals surface area contributed by atoms with E-state index in [0.717, 1.165) is 24.1 Å². The van der Waals surface area contributed by atoms with Gasteiger partial charge in [0.25, 0.3) is 5.91 Å². The minimum atomic E-state index is -0.343. The zero-order valence-corrected chi connectivity index (χ0v) is 22.4. The molecule has 0 aliphatic carbocycles. The van der Waals surface area contributed by atoms with Crippen LogP contribution in [-0.2, 0) is 21.3 Å². The fraction of sp³-hybridized carbons (Fsp3) is 0.615. The van der Waals surface area contributed by atoms with E-state index >= 15 is 0 Å². The molecule has 0 fully saturated rings. The summed E-state index contributed by atoms with van der Waals surface area (Å²) in [6.07, 6.45) is 4.08. The molecule has 2 rings (SSSR count). The summed E-state index contributed by atoms with van der Waals surface area (Å²) in [5.74, 6) is -0.302. The van der Waals surface area contributed by atoms with Crippen molar-refractivity contribution in [3.8, 4) is 11.3 Å². The number of benzene rings is 1. The Balaban J connectivity index is 0.00000298. The van der Waals surface area contributed by atoms with Crippen molar-refractivity contribution in [1.29, 1.82) is 0 Å². The lowest BCUT2D eigenvalue weighted by Crippen LogP contribution is -2.35. The van der Waals surface area contributed by atoms with Crippen LogP contribution in [0.2, 0.25) is 0 Å². The van der Waals surface area contributed by atoms with Gasteiger partial charge in [-0.15, -0.1) is 5.10 Å². The minimum Gasteiger partial charge on any atom is -0.378 e. The van der Waals surface area contributed by atoms with Crippen molar-refractivity contribution in [2.45, 2.75) is 72.5 Å². The molecule has 0 aliphatic heterocycles. The highest BCUT2D eigenvalue weighted by Crippen LogP contribution is 2.17. The number of nitrogens with zero attached hydrogens (tertiary/aromatic N) is 3. The number of amides is 2. The lowest BCUT2D eigenvalue weighted by Gasteiger charge is -2.26. The van der Waals surface area contributed by atoms with Crippen molar-refractivity contribution < 1.29 is 19.1 Å². The van der Waals surface area contributed by atoms with Crippen molar-refractivity contribution in [2.24, 2.45) is 7.05 Å². The van der Waals surface area contributed by atoms with Gasteiger partial charge in [-0.3, -0.25) is 14.3 Å². The first-order valence-corrected chi connectivity index (χ1v) is 12.5. The number of nitrogens with one attached hydrogen (secondary N) is 2. The first-order chi connectivity index (χ1) is 16.7. The van der Waals surface area contributed by atoms with Crippen LogP contribution in [0, 0.1) is 0 Å². The summed E-state index contributed by atoms with van der Waals surface area (Å²) in [5, 5.41) is 13.6. The normalized spacial score (nSPS) is 11.9. The maximum atomic E-state index is 12.3. The van der Waals surface area contributed by atoms with Crippen molar-refractivity contribution >= 4 is 11.8 Å². The van der Waals surface area contributed by atoms with Crippen LogP contribution in [0.5, 0.6) is 0 Å². The Hall–Kier alpha value is -2.78. The average molecular weight is 490 g/mol. The fourth-order valence-electron chi connectivity index (χ4n) is 2.96. The lowest BCUT2D eigenvalue weighted by molar-refractivity contribution is -0.124. The van der Waals surface area contributed by atoms with E-state index in [1.807, 2.05) is 46.0 Å². The Morgan fingerprint density at radius 3 is 2.34 bits per heavy atom. The molecular formula is C26H43N5O4. The summed E-state index contributed by atoms with van der Waals surface area (Å²) in [6.45, 7) is 13.8. The van der Waals surface area contributed by atoms with Gasteiger partial charge in [-0.1, -0.05) is 38.1 Å². The number of hydrogen-bond donors (Lipinski definition) is 2. The quantitative estimate of drug-likeness (QED) is 0.392. The maximum Gasteiger partial charge on any atom is 0.251 e. The van der Waals surface area contributed by atoms with Crippen LogP contribution >= 0.6 is 0 Å². The van der Waals surface area contributed by atoms with E-state index in [1.54, 1.807) is 23.9 Å². The van der Waals surface area contributed by atoms with Crippen LogP contribution in [0.4, 0.5) is 0 Å². The average Bonchev–Trinajstić information content (AvgIpc) is 3.29. The lowest BCUT2D eigenvalue weighted by atomic mass is 10.1. The van der Waals surface area contributed by atoms with Crippen LogP contribution in [-0.4, -0.2) is 64.8 Å². The van der Waals surface area contributed by atoms with Crippen molar-refractivity contribution in [1.82, 2.24) is 25.6 Å². The topological polar surface area (TPSA) is 107 Å². The Morgan fingerprint density at radius 2 is 1.74 bits per heavy atom. The van der Waals surface area contributed by atoms with Crippen LogP contribution in [0.25, 0.3) is 11.3 Å². The van der Waals surface area contributed by atoms with Gasteiger partial charge in [0.05, 0.1) is 24.5 Å². The highest BCUT2D eigenvalue weighted by Gasteiger charge is 2.19. The molecule has 2 aromatic rings. The predicted molar refractivity (Wildman–Crippen MR) is 138 cm³/mol. The zero-order chi connectivity index (χ0) is 26.3. The summed E-state index contributed by atoms with van der Waals surface area (Å²) in [7, 11) is 1.80. The highest BCUT2D eigenvalue weighted by molar-refractivity contribution is 5.94. The highest BCUT2D eigenvalue weighted by atomic mass is 16.5. The van der Waals surface area contributed by atoms with E-state index in [4.69, 9.17) is 9.47 Å². The summed E-state index contributed by atoms with van der Waals surface area (Å²) in [4.78, 5) is 24.3. The molecule has 0 radical (unpaired) electrons. The molecule has 35 heavy (non-hydrogen) atoms. The zero-order valence-electron chi connectivity index (χ0n) is 22.4. The summed E-state index contributed by atoms with van der Waals surface area (Å²) < 4.78 is 13.2. The minimum absolute atomic E-state index is 0.107. The molecule has 2 amide bonds. The third kappa shape index (κ3) is 12.0. The second kappa shape index (κ2) is 16.0. The number of aryl methyl sites for hydroxylation is 1. The molecule has 1 atom stereocenters. The standard InChI is InChI=1S/C24H37N5O4.C2H6/c1-6-18(2)32-16-12-24(3,4)33-15-11-22(30)25-13-14-26-23(31)20-9-7-19(8-10-20)21-17-29(5)28-27-21;1-2/h7-10,17-18H,6,11-16H2,1-5H3,(H,25,30)(H,26,31);1-2H3. The maximum absolute atomic E-state index is 12.3. The van der Waals surface area contributed by atoms with E-state index in [0.29, 0.717) is 31.9 Å². The van der Waals surface area contributed by atoms with Crippen molar-refractivity contribution in [3.05, 3.63) is 36.0 Å². The van der Waals surface area contributed by atoms with E-state index in [1.165, 1.54) is 0 Å². The van der Waals surface area contributed by atoms with E-state index in [9.17, 15) is 9.59 Å². The summed E-state index contributed by atoms with van der Waals surface area (Å²) in [5.41, 5.74) is 1.84. The molecule has 0 saturated carbocycles. The second-order valence-electron chi connectivity index (χ2n) is 8.66. The first kappa shape index (κ1) is 30.3. The van der Waals surface area contributed by atoms with Crippen molar-refractivity contribution in [2.75, 3.05) is 26.3 Å². The van der Waals surface area contributed by atoms with Gasteiger partial charge in [-0.05, 0) is 45.7 Å². The molecule has 1 heterocycles. The number of aromatic nitrogens is 3. The Labute approximate surface area is 210 Å². The molecule has 0 aliphatic rings. The smallest absolute Gasteiger partial charge is 0.251 e. The van der Waals surface area contributed by atoms with Crippen LogP contribution in [0.3, 0.4) is 0 Å². The Kier molecular flexibility index (Phi) is 13.8. The molecule has 9 heteroatoms. The van der Waals surface area contributed by atoms with E-state index in [-0.39, 0.29) is 29.9 Å². The SMILES string of the molecule is CC.CCC(C)OCCC(C)(C)OCCC(=O)NCCNC(=O)c1ccc(-c2cn(C)nn2)cc1. The Morgan fingerprint density at radius 1 is 1.09 bits per heavy atom. The molecule has 0 spiro atoms.